The Hall–Kier alpha value is -1.93. The molecule has 0 aliphatic heterocycles. The molecule has 2 rings (SSSR count). The molecular weight excluding hydrogens is 341 g/mol. The molecule has 1 aromatic heterocycles. The number of nitrogens with one attached hydrogen (secondary N) is 1. The van der Waals surface area contributed by atoms with Crippen molar-refractivity contribution in [2.24, 2.45) is 0 Å². The molecular formula is C16H17F3N2O2S. The zero-order valence-electron chi connectivity index (χ0n) is 13.3. The van der Waals surface area contributed by atoms with Crippen molar-refractivity contribution >= 4 is 10.0 Å². The predicted octanol–water partition coefficient (Wildman–Crippen LogP) is 3.84. The van der Waals surface area contributed by atoms with Crippen LogP contribution in [-0.4, -0.2) is 18.9 Å². The zero-order chi connectivity index (χ0) is 18.2. The Balaban J connectivity index is 2.34. The third-order valence-electron chi connectivity index (χ3n) is 2.99. The maximum absolute atomic E-state index is 12.7. The van der Waals surface area contributed by atoms with Gasteiger partial charge in [0.2, 0.25) is 10.0 Å². The zero-order valence-corrected chi connectivity index (χ0v) is 14.2. The van der Waals surface area contributed by atoms with E-state index in [1.165, 1.54) is 24.3 Å². The Morgan fingerprint density at radius 3 is 2.08 bits per heavy atom. The standard InChI is InChI=1S/C16H17F3N2O2S/c1-15(2,3)21-24(22,23)13-6-4-11(5-7-13)14-10-12(8-9-20-14)16(17,18)19/h4-10,21H,1-3H3. The van der Waals surface area contributed by atoms with Gasteiger partial charge in [0, 0.05) is 17.3 Å². The summed E-state index contributed by atoms with van der Waals surface area (Å²) in [6, 6.07) is 7.35. The summed E-state index contributed by atoms with van der Waals surface area (Å²) in [6.07, 6.45) is -3.39. The number of sulfonamides is 1. The monoisotopic (exact) mass is 358 g/mol. The molecule has 0 aliphatic carbocycles. The summed E-state index contributed by atoms with van der Waals surface area (Å²) in [5.74, 6) is 0. The van der Waals surface area contributed by atoms with Gasteiger partial charge in [-0.1, -0.05) is 12.1 Å². The highest BCUT2D eigenvalue weighted by molar-refractivity contribution is 7.89. The molecule has 0 unspecified atom stereocenters. The maximum Gasteiger partial charge on any atom is 0.416 e. The van der Waals surface area contributed by atoms with E-state index in [2.05, 4.69) is 9.71 Å². The number of rotatable bonds is 3. The van der Waals surface area contributed by atoms with Gasteiger partial charge in [0.1, 0.15) is 0 Å². The van der Waals surface area contributed by atoms with Gasteiger partial charge >= 0.3 is 6.18 Å². The minimum atomic E-state index is -4.46. The van der Waals surface area contributed by atoms with Crippen molar-refractivity contribution in [2.45, 2.75) is 37.4 Å². The lowest BCUT2D eigenvalue weighted by Gasteiger charge is -2.20. The van der Waals surface area contributed by atoms with Crippen LogP contribution >= 0.6 is 0 Å². The highest BCUT2D eigenvalue weighted by atomic mass is 32.2. The topological polar surface area (TPSA) is 59.1 Å². The van der Waals surface area contributed by atoms with Gasteiger partial charge in [-0.2, -0.15) is 13.2 Å². The van der Waals surface area contributed by atoms with Crippen LogP contribution in [0.5, 0.6) is 0 Å². The normalized spacial score (nSPS) is 13.1. The molecule has 24 heavy (non-hydrogen) atoms. The van der Waals surface area contributed by atoms with E-state index >= 15 is 0 Å². The van der Waals surface area contributed by atoms with E-state index in [1.54, 1.807) is 20.8 Å². The van der Waals surface area contributed by atoms with Gasteiger partial charge in [-0.05, 0) is 45.0 Å². The fourth-order valence-electron chi connectivity index (χ4n) is 2.03. The Bertz CT molecular complexity index is 824. The Morgan fingerprint density at radius 2 is 1.58 bits per heavy atom. The summed E-state index contributed by atoms with van der Waals surface area (Å²) in [5, 5.41) is 0. The second-order valence-electron chi connectivity index (χ2n) is 6.31. The van der Waals surface area contributed by atoms with Crippen LogP contribution in [-0.2, 0) is 16.2 Å². The van der Waals surface area contributed by atoms with Gasteiger partial charge in [0.05, 0.1) is 16.2 Å². The minimum Gasteiger partial charge on any atom is -0.256 e. The van der Waals surface area contributed by atoms with Crippen molar-refractivity contribution in [1.29, 1.82) is 0 Å². The van der Waals surface area contributed by atoms with E-state index in [1.807, 2.05) is 0 Å². The van der Waals surface area contributed by atoms with Crippen molar-refractivity contribution in [1.82, 2.24) is 9.71 Å². The van der Waals surface area contributed by atoms with Crippen molar-refractivity contribution in [3.8, 4) is 11.3 Å². The Labute approximate surface area is 138 Å². The number of aromatic nitrogens is 1. The van der Waals surface area contributed by atoms with Gasteiger partial charge in [0.25, 0.3) is 0 Å². The molecule has 1 aromatic carbocycles. The first-order chi connectivity index (χ1) is 10.9. The lowest BCUT2D eigenvalue weighted by Crippen LogP contribution is -2.40. The summed E-state index contributed by atoms with van der Waals surface area (Å²) in [7, 11) is -3.70. The highest BCUT2D eigenvalue weighted by Crippen LogP contribution is 2.31. The van der Waals surface area contributed by atoms with Crippen LogP contribution in [0.3, 0.4) is 0 Å². The molecule has 0 fully saturated rings. The Morgan fingerprint density at radius 1 is 1.00 bits per heavy atom. The average Bonchev–Trinajstić information content (AvgIpc) is 2.44. The number of alkyl halides is 3. The van der Waals surface area contributed by atoms with E-state index < -0.39 is 27.3 Å². The molecule has 1 heterocycles. The van der Waals surface area contributed by atoms with Crippen LogP contribution in [0.1, 0.15) is 26.3 Å². The molecule has 4 nitrogen and oxygen atoms in total. The van der Waals surface area contributed by atoms with E-state index in [9.17, 15) is 21.6 Å². The molecule has 0 radical (unpaired) electrons. The van der Waals surface area contributed by atoms with Gasteiger partial charge in [-0.15, -0.1) is 0 Å². The average molecular weight is 358 g/mol. The smallest absolute Gasteiger partial charge is 0.256 e. The molecule has 8 heteroatoms. The van der Waals surface area contributed by atoms with Crippen LogP contribution in [0, 0.1) is 0 Å². The fraction of sp³-hybridized carbons (Fsp3) is 0.312. The second-order valence-corrected chi connectivity index (χ2v) is 7.99. The highest BCUT2D eigenvalue weighted by Gasteiger charge is 2.30. The lowest BCUT2D eigenvalue weighted by molar-refractivity contribution is -0.137. The number of benzene rings is 1. The molecule has 0 spiro atoms. The van der Waals surface area contributed by atoms with Crippen molar-refractivity contribution in [2.75, 3.05) is 0 Å². The van der Waals surface area contributed by atoms with Crippen molar-refractivity contribution < 1.29 is 21.6 Å². The largest absolute Gasteiger partial charge is 0.416 e. The molecule has 2 aromatic rings. The van der Waals surface area contributed by atoms with Gasteiger partial charge < -0.3 is 0 Å². The number of halogens is 3. The Kier molecular flexibility index (Phi) is 4.74. The van der Waals surface area contributed by atoms with Crippen LogP contribution in [0.15, 0.2) is 47.5 Å². The van der Waals surface area contributed by atoms with E-state index in [-0.39, 0.29) is 10.6 Å². The number of hydrogen-bond acceptors (Lipinski definition) is 3. The molecule has 130 valence electrons. The second kappa shape index (κ2) is 6.18. The summed E-state index contributed by atoms with van der Waals surface area (Å²) in [5.41, 5.74) is -0.924. The minimum absolute atomic E-state index is 0.0353. The third kappa shape index (κ3) is 4.55. The number of hydrogen-bond donors (Lipinski definition) is 1. The first-order valence-corrected chi connectivity index (χ1v) is 8.54. The van der Waals surface area contributed by atoms with E-state index in [0.717, 1.165) is 18.3 Å². The summed E-state index contributed by atoms with van der Waals surface area (Å²) < 4.78 is 65.2. The molecule has 0 aliphatic rings. The van der Waals surface area contributed by atoms with E-state index in [0.29, 0.717) is 5.56 Å². The van der Waals surface area contributed by atoms with Crippen molar-refractivity contribution in [3.05, 3.63) is 48.2 Å². The van der Waals surface area contributed by atoms with Gasteiger partial charge in [-0.25, -0.2) is 13.1 Å². The van der Waals surface area contributed by atoms with Gasteiger partial charge in [0.15, 0.2) is 0 Å². The lowest BCUT2D eigenvalue weighted by atomic mass is 10.1. The third-order valence-corrected chi connectivity index (χ3v) is 4.76. The van der Waals surface area contributed by atoms with Crippen LogP contribution in [0.2, 0.25) is 0 Å². The quantitative estimate of drug-likeness (QED) is 0.907. The van der Waals surface area contributed by atoms with Crippen LogP contribution in [0.25, 0.3) is 11.3 Å². The summed E-state index contributed by atoms with van der Waals surface area (Å²) in [6.45, 7) is 5.14. The van der Waals surface area contributed by atoms with Gasteiger partial charge in [-0.3, -0.25) is 4.98 Å². The molecule has 1 N–H and O–H groups in total. The first kappa shape index (κ1) is 18.4. The van der Waals surface area contributed by atoms with Crippen molar-refractivity contribution in [3.63, 3.8) is 0 Å². The van der Waals surface area contributed by atoms with Crippen LogP contribution < -0.4 is 4.72 Å². The maximum atomic E-state index is 12.7. The first-order valence-electron chi connectivity index (χ1n) is 7.06. The fourth-order valence-corrected chi connectivity index (χ4v) is 3.45. The number of nitrogens with zero attached hydrogens (tertiary/aromatic N) is 1. The molecule has 0 bridgehead atoms. The molecule has 0 amide bonds. The molecule has 0 saturated carbocycles. The number of pyridine rings is 1. The van der Waals surface area contributed by atoms with Crippen LogP contribution in [0.4, 0.5) is 13.2 Å². The summed E-state index contributed by atoms with van der Waals surface area (Å²) >= 11 is 0. The SMILES string of the molecule is CC(C)(C)NS(=O)(=O)c1ccc(-c2cc(C(F)(F)F)ccn2)cc1. The molecule has 0 saturated heterocycles. The summed E-state index contributed by atoms with van der Waals surface area (Å²) in [4.78, 5) is 3.94. The molecule has 0 atom stereocenters. The predicted molar refractivity (Wildman–Crippen MR) is 84.7 cm³/mol. The van der Waals surface area contributed by atoms with E-state index in [4.69, 9.17) is 0 Å².